The standard InChI is InChI=1S/C54H92O6/c1-4-7-10-13-16-19-22-24-26-28-30-32-35-38-41-44-47-53(56)59-50-51(49-58-52(55)46-43-40-37-34-21-18-15-12-9-6-3)60-54(57)48-45-42-39-36-33-31-29-27-25-23-20-17-14-11-8-5-2/h7,10,16,19,24,26-27,29-33,51H,4-6,8-9,11-15,17-18,20-23,25,28,34-50H2,1-3H3/b10-7-,19-16-,26-24-,29-27-,32-30-,33-31-. The zero-order valence-electron chi connectivity index (χ0n) is 39.2. The van der Waals surface area contributed by atoms with Gasteiger partial charge in [0.15, 0.2) is 6.10 Å². The number of esters is 3. The van der Waals surface area contributed by atoms with E-state index in [-0.39, 0.29) is 31.1 Å². The van der Waals surface area contributed by atoms with Gasteiger partial charge in [-0.3, -0.25) is 14.4 Å². The van der Waals surface area contributed by atoms with Crippen LogP contribution < -0.4 is 0 Å². The van der Waals surface area contributed by atoms with Gasteiger partial charge >= 0.3 is 17.9 Å². The summed E-state index contributed by atoms with van der Waals surface area (Å²) in [5, 5.41) is 0. The van der Waals surface area contributed by atoms with E-state index in [1.54, 1.807) is 0 Å². The molecule has 0 heterocycles. The molecule has 344 valence electrons. The van der Waals surface area contributed by atoms with Gasteiger partial charge < -0.3 is 14.2 Å². The van der Waals surface area contributed by atoms with Gasteiger partial charge in [0.05, 0.1) is 0 Å². The summed E-state index contributed by atoms with van der Waals surface area (Å²) in [6.07, 6.45) is 60.3. The summed E-state index contributed by atoms with van der Waals surface area (Å²) in [7, 11) is 0. The molecule has 0 saturated heterocycles. The Kier molecular flexibility index (Phi) is 46.0. The first-order valence-corrected chi connectivity index (χ1v) is 25.0. The van der Waals surface area contributed by atoms with Crippen LogP contribution in [0.15, 0.2) is 72.9 Å². The van der Waals surface area contributed by atoms with Crippen molar-refractivity contribution in [3.8, 4) is 0 Å². The fourth-order valence-corrected chi connectivity index (χ4v) is 6.72. The van der Waals surface area contributed by atoms with Crippen molar-refractivity contribution in [1.29, 1.82) is 0 Å². The monoisotopic (exact) mass is 837 g/mol. The molecule has 0 rings (SSSR count). The lowest BCUT2D eigenvalue weighted by Crippen LogP contribution is -2.30. The smallest absolute Gasteiger partial charge is 0.306 e. The summed E-state index contributed by atoms with van der Waals surface area (Å²) in [5.74, 6) is -0.957. The normalized spacial score (nSPS) is 12.7. The Morgan fingerprint density at radius 2 is 0.700 bits per heavy atom. The highest BCUT2D eigenvalue weighted by Crippen LogP contribution is 2.13. The van der Waals surface area contributed by atoms with Crippen molar-refractivity contribution >= 4 is 17.9 Å². The molecule has 0 aliphatic heterocycles. The van der Waals surface area contributed by atoms with Gasteiger partial charge in [0, 0.05) is 19.3 Å². The van der Waals surface area contributed by atoms with Gasteiger partial charge in [0.2, 0.25) is 0 Å². The molecule has 0 aromatic heterocycles. The molecule has 6 heteroatoms. The van der Waals surface area contributed by atoms with Crippen molar-refractivity contribution in [2.45, 2.75) is 239 Å². The van der Waals surface area contributed by atoms with Crippen LogP contribution in [0.1, 0.15) is 233 Å². The minimum Gasteiger partial charge on any atom is -0.462 e. The second-order valence-electron chi connectivity index (χ2n) is 16.4. The van der Waals surface area contributed by atoms with Gasteiger partial charge in [-0.2, -0.15) is 0 Å². The van der Waals surface area contributed by atoms with Crippen molar-refractivity contribution in [2.75, 3.05) is 13.2 Å². The van der Waals surface area contributed by atoms with Crippen molar-refractivity contribution in [2.24, 2.45) is 0 Å². The van der Waals surface area contributed by atoms with E-state index in [9.17, 15) is 14.4 Å². The lowest BCUT2D eigenvalue weighted by molar-refractivity contribution is -0.167. The molecule has 6 nitrogen and oxygen atoms in total. The van der Waals surface area contributed by atoms with Crippen molar-refractivity contribution < 1.29 is 28.6 Å². The second-order valence-corrected chi connectivity index (χ2v) is 16.4. The average Bonchev–Trinajstić information content (AvgIpc) is 3.24. The fourth-order valence-electron chi connectivity index (χ4n) is 6.72. The third-order valence-corrected chi connectivity index (χ3v) is 10.5. The van der Waals surface area contributed by atoms with Crippen LogP contribution in [0.25, 0.3) is 0 Å². The zero-order valence-corrected chi connectivity index (χ0v) is 39.2. The van der Waals surface area contributed by atoms with Crippen LogP contribution in [-0.2, 0) is 28.6 Å². The lowest BCUT2D eigenvalue weighted by Gasteiger charge is -2.18. The first kappa shape index (κ1) is 56.9. The molecule has 0 saturated carbocycles. The minimum absolute atomic E-state index is 0.0955. The summed E-state index contributed by atoms with van der Waals surface area (Å²) in [5.41, 5.74) is 0. The molecule has 0 spiro atoms. The number of ether oxygens (including phenoxy) is 3. The van der Waals surface area contributed by atoms with Crippen molar-refractivity contribution in [3.05, 3.63) is 72.9 Å². The number of hydrogen-bond acceptors (Lipinski definition) is 6. The van der Waals surface area contributed by atoms with Crippen LogP contribution in [0, 0.1) is 0 Å². The Bertz CT molecular complexity index is 1140. The van der Waals surface area contributed by atoms with E-state index in [1.807, 2.05) is 0 Å². The highest BCUT2D eigenvalue weighted by atomic mass is 16.6. The number of carbonyl (C=O) groups is 3. The van der Waals surface area contributed by atoms with Gasteiger partial charge in [-0.1, -0.05) is 203 Å². The summed E-state index contributed by atoms with van der Waals surface area (Å²) >= 11 is 0. The zero-order chi connectivity index (χ0) is 43.7. The molecule has 0 aromatic carbocycles. The largest absolute Gasteiger partial charge is 0.462 e. The van der Waals surface area contributed by atoms with Gasteiger partial charge in [0.1, 0.15) is 13.2 Å². The van der Waals surface area contributed by atoms with Crippen LogP contribution >= 0.6 is 0 Å². The Labute approximate surface area is 370 Å². The Balaban J connectivity index is 4.46. The van der Waals surface area contributed by atoms with Gasteiger partial charge in [-0.15, -0.1) is 0 Å². The Morgan fingerprint density at radius 3 is 1.13 bits per heavy atom. The molecule has 0 aliphatic carbocycles. The van der Waals surface area contributed by atoms with E-state index in [2.05, 4.69) is 93.7 Å². The van der Waals surface area contributed by atoms with E-state index in [4.69, 9.17) is 14.2 Å². The quantitative estimate of drug-likeness (QED) is 0.0200. The number of allylic oxidation sites excluding steroid dienone is 12. The van der Waals surface area contributed by atoms with Crippen molar-refractivity contribution in [1.82, 2.24) is 0 Å². The number of carbonyl (C=O) groups excluding carboxylic acids is 3. The average molecular weight is 837 g/mol. The van der Waals surface area contributed by atoms with Crippen LogP contribution in [0.2, 0.25) is 0 Å². The second kappa shape index (κ2) is 48.5. The van der Waals surface area contributed by atoms with E-state index in [1.165, 1.54) is 89.9 Å². The van der Waals surface area contributed by atoms with Gasteiger partial charge in [0.25, 0.3) is 0 Å². The third-order valence-electron chi connectivity index (χ3n) is 10.5. The van der Waals surface area contributed by atoms with Crippen molar-refractivity contribution in [3.63, 3.8) is 0 Å². The minimum atomic E-state index is -0.799. The molecule has 0 aromatic rings. The molecule has 0 fully saturated rings. The van der Waals surface area contributed by atoms with E-state index in [0.717, 1.165) is 103 Å². The van der Waals surface area contributed by atoms with E-state index >= 15 is 0 Å². The van der Waals surface area contributed by atoms with Crippen LogP contribution in [0.4, 0.5) is 0 Å². The predicted molar refractivity (Wildman–Crippen MR) is 256 cm³/mol. The predicted octanol–water partition coefficient (Wildman–Crippen LogP) is 16.3. The molecule has 1 unspecified atom stereocenters. The molecule has 0 N–H and O–H groups in total. The fraction of sp³-hybridized carbons (Fsp3) is 0.722. The first-order valence-electron chi connectivity index (χ1n) is 25.0. The van der Waals surface area contributed by atoms with Gasteiger partial charge in [-0.25, -0.2) is 0 Å². The molecule has 0 aliphatic rings. The number of unbranched alkanes of at least 4 members (excludes halogenated alkanes) is 22. The number of hydrogen-bond donors (Lipinski definition) is 0. The summed E-state index contributed by atoms with van der Waals surface area (Å²) in [6.45, 7) is 6.45. The maximum Gasteiger partial charge on any atom is 0.306 e. The SMILES string of the molecule is CC/C=C\C/C=C\C/C=C\C/C=C\CCCCCC(=O)OCC(COC(=O)CCCCCCCCCCCC)OC(=O)CCCCC/C=C\C=C/CCCCCCCCC. The molecule has 1 atom stereocenters. The molecule has 0 bridgehead atoms. The van der Waals surface area contributed by atoms with Gasteiger partial charge in [-0.05, 0) is 83.5 Å². The van der Waals surface area contributed by atoms with E-state index < -0.39 is 6.10 Å². The molecule has 0 amide bonds. The molecule has 60 heavy (non-hydrogen) atoms. The maximum absolute atomic E-state index is 12.8. The third kappa shape index (κ3) is 45.9. The Hall–Kier alpha value is -3.15. The highest BCUT2D eigenvalue weighted by Gasteiger charge is 2.19. The first-order chi connectivity index (χ1) is 29.5. The lowest BCUT2D eigenvalue weighted by atomic mass is 10.1. The molecular formula is C54H92O6. The van der Waals surface area contributed by atoms with Crippen LogP contribution in [0.5, 0.6) is 0 Å². The Morgan fingerprint density at radius 1 is 0.367 bits per heavy atom. The summed E-state index contributed by atoms with van der Waals surface area (Å²) in [4.78, 5) is 37.8. The number of rotatable bonds is 44. The topological polar surface area (TPSA) is 78.9 Å². The van der Waals surface area contributed by atoms with Crippen LogP contribution in [-0.4, -0.2) is 37.2 Å². The highest BCUT2D eigenvalue weighted by molar-refractivity contribution is 5.71. The van der Waals surface area contributed by atoms with E-state index in [0.29, 0.717) is 19.3 Å². The molecular weight excluding hydrogens is 745 g/mol. The molecule has 0 radical (unpaired) electrons. The maximum atomic E-state index is 12.8. The summed E-state index contributed by atoms with van der Waals surface area (Å²) < 4.78 is 16.7. The summed E-state index contributed by atoms with van der Waals surface area (Å²) in [6, 6.07) is 0. The van der Waals surface area contributed by atoms with Crippen LogP contribution in [0.3, 0.4) is 0 Å².